The first kappa shape index (κ1) is 51.7. The Hall–Kier alpha value is -0.928. The number of hydrogen-bond donors (Lipinski definition) is 0. The van der Waals surface area contributed by atoms with E-state index in [0.717, 1.165) is 0 Å². The van der Waals surface area contributed by atoms with Crippen molar-refractivity contribution in [2.45, 2.75) is 0 Å². The maximum atomic E-state index is 7.50. The van der Waals surface area contributed by atoms with Crippen LogP contribution < -0.4 is 0 Å². The maximum absolute atomic E-state index is 7.50. The van der Waals surface area contributed by atoms with E-state index >= 15 is 0 Å². The maximum Gasteiger partial charge on any atom is 0 e. The molecular weight excluding hydrogens is 384 g/mol. The Morgan fingerprint density at radius 2 is 0.714 bits per heavy atom. The number of nitriles is 1. The third-order valence-electron chi connectivity index (χ3n) is 0. The van der Waals surface area contributed by atoms with E-state index in [9.17, 15) is 0 Å². The second kappa shape index (κ2) is 283000. The van der Waals surface area contributed by atoms with E-state index < -0.39 is 0 Å². The van der Waals surface area contributed by atoms with Gasteiger partial charge in [0.15, 0.2) is 0 Å². The average molecular weight is 384 g/mol. The SMILES string of the molecule is N#C[S-].[C-]#[O+].[C-]#[O+].[C-]#[O+].[C-]#[O+].[C-]#[O+].[Re]. The summed E-state index contributed by atoms with van der Waals surface area (Å²) in [4.78, 5) is 0. The van der Waals surface area contributed by atoms with E-state index in [1.807, 2.05) is 0 Å². The zero-order valence-corrected chi connectivity index (χ0v) is 9.81. The summed E-state index contributed by atoms with van der Waals surface area (Å²) < 4.78 is 37.5. The van der Waals surface area contributed by atoms with Gasteiger partial charge in [-0.3, -0.25) is 0 Å². The molecule has 6 nitrogen and oxygen atoms in total. The number of nitrogens with zero attached hydrogens (tertiary/aromatic N) is 1. The van der Waals surface area contributed by atoms with E-state index in [2.05, 4.69) is 45.9 Å². The van der Waals surface area contributed by atoms with Crippen molar-refractivity contribution in [2.75, 3.05) is 0 Å². The minimum absolute atomic E-state index is 0. The molecule has 0 aliphatic rings. The first-order valence-electron chi connectivity index (χ1n) is 1.45. The molecule has 8 heteroatoms. The zero-order chi connectivity index (χ0) is 12.7. The fourth-order valence-corrected chi connectivity index (χ4v) is 0. The smallest absolute Gasteiger partial charge is 0 e. The molecule has 0 atom stereocenters. The van der Waals surface area contributed by atoms with E-state index in [1.165, 1.54) is 5.40 Å². The van der Waals surface area contributed by atoms with Crippen molar-refractivity contribution in [3.63, 3.8) is 0 Å². The summed E-state index contributed by atoms with van der Waals surface area (Å²) >= 11 is 3.70. The number of rotatable bonds is 0. The Kier molecular flexibility index (Phi) is 1040000. The van der Waals surface area contributed by atoms with Gasteiger partial charge in [0.2, 0.25) is 0 Å². The minimum Gasteiger partial charge on any atom is 0 e. The van der Waals surface area contributed by atoms with Gasteiger partial charge in [0.1, 0.15) is 0 Å². The Bertz CT molecular complexity index is 143. The summed E-state index contributed by atoms with van der Waals surface area (Å²) in [5.41, 5.74) is 0. The molecule has 0 aliphatic heterocycles. The Morgan fingerprint density at radius 3 is 0.714 bits per heavy atom. The molecule has 0 N–H and O–H groups in total. The molecule has 0 bridgehead atoms. The van der Waals surface area contributed by atoms with Crippen LogP contribution >= 0.6 is 0 Å². The summed E-state index contributed by atoms with van der Waals surface area (Å²) in [5, 5.41) is 8.47. The Labute approximate surface area is 100 Å². The molecule has 73 valence electrons. The van der Waals surface area contributed by atoms with E-state index in [4.69, 9.17) is 28.5 Å². The van der Waals surface area contributed by atoms with Crippen LogP contribution in [-0.4, -0.2) is 0 Å². The normalized spacial score (nSPS) is 1.21. The van der Waals surface area contributed by atoms with Crippen LogP contribution in [0.25, 0.3) is 0 Å². The van der Waals surface area contributed by atoms with Crippen molar-refractivity contribution in [2.24, 2.45) is 0 Å². The largest absolute Gasteiger partial charge is 0 e. The molecule has 0 fully saturated rings. The van der Waals surface area contributed by atoms with Gasteiger partial charge in [0.05, 0.1) is 0 Å². The van der Waals surface area contributed by atoms with Crippen LogP contribution in [0.2, 0.25) is 0 Å². The quantitative estimate of drug-likeness (QED) is 0.249. The van der Waals surface area contributed by atoms with Crippen LogP contribution in [0.1, 0.15) is 0 Å². The van der Waals surface area contributed by atoms with Gasteiger partial charge in [-0.25, -0.2) is 5.26 Å². The molecule has 0 unspecified atom stereocenters. The third-order valence-corrected chi connectivity index (χ3v) is 0. The van der Waals surface area contributed by atoms with Crippen molar-refractivity contribution in [3.05, 3.63) is 33.3 Å². The third kappa shape index (κ3) is 1310. The van der Waals surface area contributed by atoms with Gasteiger partial charge in [0.25, 0.3) is 0 Å². The van der Waals surface area contributed by atoms with E-state index in [0.29, 0.717) is 0 Å². The van der Waals surface area contributed by atoms with Gasteiger partial charge in [-0.1, -0.05) is 5.40 Å². The van der Waals surface area contributed by atoms with Crippen molar-refractivity contribution in [1.82, 2.24) is 0 Å². The fraction of sp³-hybridized carbons (Fsp3) is 0. The fourth-order valence-electron chi connectivity index (χ4n) is 0. The molecule has 0 aromatic heterocycles. The van der Waals surface area contributed by atoms with Crippen LogP contribution in [0.4, 0.5) is 0 Å². The predicted octanol–water partition coefficient (Wildman–Crippen LogP) is -0.176. The van der Waals surface area contributed by atoms with E-state index in [1.54, 1.807) is 0 Å². The molecule has 0 rings (SSSR count). The zero-order valence-electron chi connectivity index (χ0n) is 6.27. The molecule has 14 heavy (non-hydrogen) atoms. The number of thiocyanates is 1. The second-order valence-electron chi connectivity index (χ2n) is 0.0913. The van der Waals surface area contributed by atoms with Crippen LogP contribution in [-0.2, 0) is 56.3 Å². The van der Waals surface area contributed by atoms with Crippen molar-refractivity contribution < 1.29 is 43.7 Å². The summed E-state index contributed by atoms with van der Waals surface area (Å²) in [6.07, 6.45) is 0. The van der Waals surface area contributed by atoms with Gasteiger partial charge in [-0.2, -0.15) is 0 Å². The Morgan fingerprint density at radius 1 is 0.714 bits per heavy atom. The second-order valence-corrected chi connectivity index (χ2v) is 0.274. The summed E-state index contributed by atoms with van der Waals surface area (Å²) in [6.45, 7) is 22.5. The van der Waals surface area contributed by atoms with E-state index in [-0.39, 0.29) is 20.4 Å². The summed E-state index contributed by atoms with van der Waals surface area (Å²) in [5.74, 6) is 0. The molecule has 0 saturated heterocycles. The molecule has 1 radical (unpaired) electrons. The van der Waals surface area contributed by atoms with Crippen LogP contribution in [0.3, 0.4) is 0 Å². The molecule has 0 spiro atoms. The van der Waals surface area contributed by atoms with Gasteiger partial charge in [0, 0.05) is 20.4 Å². The molecule has 0 aromatic rings. The van der Waals surface area contributed by atoms with Crippen LogP contribution in [0.15, 0.2) is 0 Å². The van der Waals surface area contributed by atoms with Gasteiger partial charge >= 0.3 is 56.5 Å². The monoisotopic (exact) mass is 385 g/mol. The number of hydrogen-bond acceptors (Lipinski definition) is 2. The van der Waals surface area contributed by atoms with Crippen molar-refractivity contribution >= 4 is 12.6 Å². The summed E-state index contributed by atoms with van der Waals surface area (Å²) in [6, 6.07) is 0. The van der Waals surface area contributed by atoms with Crippen LogP contribution in [0, 0.1) is 43.9 Å². The topological polar surface area (TPSA) is 123 Å². The van der Waals surface area contributed by atoms with Crippen molar-refractivity contribution in [3.8, 4) is 5.40 Å². The predicted molar refractivity (Wildman–Crippen MR) is 32.6 cm³/mol. The standard InChI is InChI=1S/CHNS.5CO.Re/c2-1-3;5*1-2;/h3H;;;;;;/p-1. The molecule has 0 saturated carbocycles. The first-order valence-corrected chi connectivity index (χ1v) is 1.86. The average Bonchev–Trinajstić information content (AvgIpc) is 2.32. The molecule has 0 amide bonds. The first-order chi connectivity index (χ1) is 6.41. The van der Waals surface area contributed by atoms with Gasteiger partial charge in [-0.05, 0) is 0 Å². The van der Waals surface area contributed by atoms with Crippen LogP contribution in [0.5, 0.6) is 0 Å². The van der Waals surface area contributed by atoms with Gasteiger partial charge in [-0.15, -0.1) is 0 Å². The van der Waals surface area contributed by atoms with Crippen molar-refractivity contribution in [1.29, 1.82) is 5.26 Å². The Balaban J connectivity index is -0.00000000838. The molecule has 0 aromatic carbocycles. The molecule has 0 heterocycles. The summed E-state index contributed by atoms with van der Waals surface area (Å²) in [7, 11) is 0. The van der Waals surface area contributed by atoms with Gasteiger partial charge < -0.3 is 12.6 Å². The molecule has 0 aliphatic carbocycles. The molecular formula is C6NO5ReS-. The minimum atomic E-state index is 0.